The number of halogens is 1. The number of carboxylic acid groups (broad SMARTS) is 1. The smallest absolute Gasteiger partial charge is 0.330 e. The average Bonchev–Trinajstić information content (AvgIpc) is 2.53. The molecule has 0 saturated carbocycles. The van der Waals surface area contributed by atoms with Gasteiger partial charge in [0, 0.05) is 5.02 Å². The van der Waals surface area contributed by atoms with Crippen LogP contribution in [-0.4, -0.2) is 23.1 Å². The third-order valence-corrected chi connectivity index (χ3v) is 3.64. The van der Waals surface area contributed by atoms with E-state index in [2.05, 4.69) is 5.32 Å². The van der Waals surface area contributed by atoms with Gasteiger partial charge in [-0.2, -0.15) is 0 Å². The summed E-state index contributed by atoms with van der Waals surface area (Å²) in [5, 5.41) is 12.4. The maximum Gasteiger partial charge on any atom is 0.330 e. The van der Waals surface area contributed by atoms with Crippen LogP contribution in [0.15, 0.2) is 48.5 Å². The molecule has 0 aromatic heterocycles. The number of carbonyl (C=O) groups is 2. The number of carbonyl (C=O) groups excluding carboxylic acids is 1. The zero-order chi connectivity index (χ0) is 18.4. The number of hydrogen-bond acceptors (Lipinski definition) is 3. The molecule has 1 amide bonds. The lowest BCUT2D eigenvalue weighted by molar-refractivity contribution is -0.141. The Labute approximate surface area is 151 Å². The highest BCUT2D eigenvalue weighted by Gasteiger charge is 2.22. The van der Waals surface area contributed by atoms with E-state index in [9.17, 15) is 14.7 Å². The van der Waals surface area contributed by atoms with Gasteiger partial charge in [-0.3, -0.25) is 4.79 Å². The second-order valence-corrected chi connectivity index (χ2v) is 6.32. The highest BCUT2D eigenvalue weighted by atomic mass is 35.5. The molecule has 2 aromatic carbocycles. The van der Waals surface area contributed by atoms with Crippen molar-refractivity contribution in [2.24, 2.45) is 0 Å². The number of carboxylic acids is 1. The predicted octanol–water partition coefficient (Wildman–Crippen LogP) is 3.61. The third-order valence-electron chi connectivity index (χ3n) is 3.39. The lowest BCUT2D eigenvalue weighted by Crippen LogP contribution is -2.34. The van der Waals surface area contributed by atoms with Crippen molar-refractivity contribution in [3.63, 3.8) is 0 Å². The molecule has 25 heavy (non-hydrogen) atoms. The summed E-state index contributed by atoms with van der Waals surface area (Å²) in [6, 6.07) is 12.4. The zero-order valence-corrected chi connectivity index (χ0v) is 14.8. The van der Waals surface area contributed by atoms with Gasteiger partial charge >= 0.3 is 5.97 Å². The van der Waals surface area contributed by atoms with E-state index < -0.39 is 12.0 Å². The number of hydrogen-bond donors (Lipinski definition) is 2. The van der Waals surface area contributed by atoms with E-state index in [1.54, 1.807) is 42.5 Å². The van der Waals surface area contributed by atoms with Crippen molar-refractivity contribution in [1.82, 2.24) is 5.32 Å². The van der Waals surface area contributed by atoms with Crippen molar-refractivity contribution in [3.8, 4) is 5.75 Å². The Morgan fingerprint density at radius 1 is 1.16 bits per heavy atom. The van der Waals surface area contributed by atoms with Gasteiger partial charge in [-0.25, -0.2) is 4.79 Å². The van der Waals surface area contributed by atoms with Crippen LogP contribution < -0.4 is 10.1 Å². The second-order valence-electron chi connectivity index (χ2n) is 5.88. The number of aliphatic carboxylic acids is 1. The van der Waals surface area contributed by atoms with Gasteiger partial charge in [-0.1, -0.05) is 35.9 Å². The molecule has 0 heterocycles. The first-order valence-corrected chi connectivity index (χ1v) is 8.26. The van der Waals surface area contributed by atoms with E-state index in [0.29, 0.717) is 16.3 Å². The molecule has 0 aliphatic rings. The van der Waals surface area contributed by atoms with Crippen LogP contribution in [0.1, 0.15) is 31.0 Å². The topological polar surface area (TPSA) is 75.6 Å². The SMILES string of the molecule is CC(C)Oc1cccc(CC(=O)NC(C(=O)O)c2ccc(Cl)cc2)c1. The van der Waals surface area contributed by atoms with E-state index in [1.165, 1.54) is 0 Å². The first-order valence-electron chi connectivity index (χ1n) is 7.88. The number of nitrogens with one attached hydrogen (secondary N) is 1. The molecule has 2 aromatic rings. The molecule has 0 saturated heterocycles. The Balaban J connectivity index is 2.06. The van der Waals surface area contributed by atoms with Crippen LogP contribution in [0.4, 0.5) is 0 Å². The van der Waals surface area contributed by atoms with Gasteiger partial charge in [0.15, 0.2) is 6.04 Å². The van der Waals surface area contributed by atoms with E-state index in [1.807, 2.05) is 19.9 Å². The summed E-state index contributed by atoms with van der Waals surface area (Å²) in [6.45, 7) is 3.84. The van der Waals surface area contributed by atoms with Gasteiger partial charge < -0.3 is 15.2 Å². The molecule has 2 rings (SSSR count). The van der Waals surface area contributed by atoms with Crippen LogP contribution in [0.2, 0.25) is 5.02 Å². The number of amides is 1. The van der Waals surface area contributed by atoms with E-state index in [-0.39, 0.29) is 18.4 Å². The highest BCUT2D eigenvalue weighted by molar-refractivity contribution is 6.30. The van der Waals surface area contributed by atoms with Gasteiger partial charge in [-0.05, 0) is 49.2 Å². The summed E-state index contributed by atoms with van der Waals surface area (Å²) in [6.07, 6.45) is 0.0949. The summed E-state index contributed by atoms with van der Waals surface area (Å²) < 4.78 is 5.60. The summed E-state index contributed by atoms with van der Waals surface area (Å²) in [5.74, 6) is -0.843. The Hall–Kier alpha value is -2.53. The van der Waals surface area contributed by atoms with Gasteiger partial charge in [0.25, 0.3) is 0 Å². The summed E-state index contributed by atoms with van der Waals surface area (Å²) >= 11 is 5.81. The predicted molar refractivity (Wildman–Crippen MR) is 95.9 cm³/mol. The highest BCUT2D eigenvalue weighted by Crippen LogP contribution is 2.18. The zero-order valence-electron chi connectivity index (χ0n) is 14.0. The molecule has 0 radical (unpaired) electrons. The molecular weight excluding hydrogens is 342 g/mol. The Bertz CT molecular complexity index is 743. The maximum absolute atomic E-state index is 12.3. The summed E-state index contributed by atoms with van der Waals surface area (Å²) in [7, 11) is 0. The van der Waals surface area contributed by atoms with Crippen LogP contribution in [0, 0.1) is 0 Å². The first-order chi connectivity index (χ1) is 11.8. The third kappa shape index (κ3) is 5.80. The first kappa shape index (κ1) is 18.8. The Morgan fingerprint density at radius 3 is 2.44 bits per heavy atom. The second kappa shape index (κ2) is 8.53. The van der Waals surface area contributed by atoms with Crippen molar-refractivity contribution in [2.75, 3.05) is 0 Å². The molecule has 2 N–H and O–H groups in total. The molecule has 1 unspecified atom stereocenters. The molecular formula is C19H20ClNO4. The number of benzene rings is 2. The molecule has 1 atom stereocenters. The minimum atomic E-state index is -1.13. The Kier molecular flexibility index (Phi) is 6.42. The fourth-order valence-electron chi connectivity index (χ4n) is 2.34. The standard InChI is InChI=1S/C19H20ClNO4/c1-12(2)25-16-5-3-4-13(10-16)11-17(22)21-18(19(23)24)14-6-8-15(20)9-7-14/h3-10,12,18H,11H2,1-2H3,(H,21,22)(H,23,24). The molecule has 5 nitrogen and oxygen atoms in total. The van der Waals surface area contributed by atoms with Crippen LogP contribution in [-0.2, 0) is 16.0 Å². The van der Waals surface area contributed by atoms with Crippen molar-refractivity contribution in [3.05, 3.63) is 64.7 Å². The quantitative estimate of drug-likeness (QED) is 0.789. The monoisotopic (exact) mass is 361 g/mol. The Morgan fingerprint density at radius 2 is 1.84 bits per heavy atom. The van der Waals surface area contributed by atoms with Crippen LogP contribution in [0.5, 0.6) is 5.75 Å². The summed E-state index contributed by atoms with van der Waals surface area (Å²) in [4.78, 5) is 23.7. The van der Waals surface area contributed by atoms with Crippen molar-refractivity contribution >= 4 is 23.5 Å². The van der Waals surface area contributed by atoms with E-state index in [4.69, 9.17) is 16.3 Å². The minimum absolute atomic E-state index is 0.0328. The van der Waals surface area contributed by atoms with Crippen LogP contribution >= 0.6 is 11.6 Å². The molecule has 0 aliphatic carbocycles. The number of ether oxygens (including phenoxy) is 1. The molecule has 0 bridgehead atoms. The van der Waals surface area contributed by atoms with Crippen molar-refractivity contribution in [2.45, 2.75) is 32.4 Å². The van der Waals surface area contributed by atoms with Crippen molar-refractivity contribution < 1.29 is 19.4 Å². The fourth-order valence-corrected chi connectivity index (χ4v) is 2.47. The molecule has 0 aliphatic heterocycles. The normalized spacial score (nSPS) is 11.8. The largest absolute Gasteiger partial charge is 0.491 e. The number of rotatable bonds is 7. The molecule has 0 fully saturated rings. The van der Waals surface area contributed by atoms with Gasteiger partial charge in [-0.15, -0.1) is 0 Å². The lowest BCUT2D eigenvalue weighted by Gasteiger charge is -2.15. The molecule has 6 heteroatoms. The van der Waals surface area contributed by atoms with Crippen molar-refractivity contribution in [1.29, 1.82) is 0 Å². The maximum atomic E-state index is 12.3. The molecule has 0 spiro atoms. The minimum Gasteiger partial charge on any atom is -0.491 e. The fraction of sp³-hybridized carbons (Fsp3) is 0.263. The lowest BCUT2D eigenvalue weighted by atomic mass is 10.1. The van der Waals surface area contributed by atoms with E-state index in [0.717, 1.165) is 5.56 Å². The van der Waals surface area contributed by atoms with Gasteiger partial charge in [0.1, 0.15) is 5.75 Å². The van der Waals surface area contributed by atoms with Gasteiger partial charge in [0.05, 0.1) is 12.5 Å². The van der Waals surface area contributed by atoms with Crippen LogP contribution in [0.3, 0.4) is 0 Å². The molecule has 132 valence electrons. The summed E-state index contributed by atoms with van der Waals surface area (Å²) in [5.41, 5.74) is 1.21. The van der Waals surface area contributed by atoms with E-state index >= 15 is 0 Å². The van der Waals surface area contributed by atoms with Gasteiger partial charge in [0.2, 0.25) is 5.91 Å². The average molecular weight is 362 g/mol. The van der Waals surface area contributed by atoms with Crippen LogP contribution in [0.25, 0.3) is 0 Å².